The maximum atomic E-state index is 11.4. The number of rotatable bonds is 5. The minimum absolute atomic E-state index is 0.0662. The van der Waals surface area contributed by atoms with Gasteiger partial charge in [-0.05, 0) is 19.3 Å². The maximum absolute atomic E-state index is 11.4. The van der Waals surface area contributed by atoms with Crippen LogP contribution in [0.4, 0.5) is 4.79 Å². The lowest BCUT2D eigenvalue weighted by Gasteiger charge is -2.37. The van der Waals surface area contributed by atoms with Gasteiger partial charge in [0.1, 0.15) is 0 Å². The molecule has 0 aliphatic heterocycles. The van der Waals surface area contributed by atoms with Crippen LogP contribution in [0.2, 0.25) is 0 Å². The van der Waals surface area contributed by atoms with Crippen molar-refractivity contribution < 1.29 is 9.59 Å². The first-order valence-electron chi connectivity index (χ1n) is 5.11. The third-order valence-electron chi connectivity index (χ3n) is 2.61. The molecule has 0 atom stereocenters. The zero-order chi connectivity index (χ0) is 11.3. The summed E-state index contributed by atoms with van der Waals surface area (Å²) in [4.78, 5) is 21.7. The van der Waals surface area contributed by atoms with Gasteiger partial charge in [0.25, 0.3) is 0 Å². The minimum atomic E-state index is -0.585. The van der Waals surface area contributed by atoms with Crippen LogP contribution in [0.5, 0.6) is 0 Å². The molecule has 0 radical (unpaired) electrons. The van der Waals surface area contributed by atoms with Crippen molar-refractivity contribution in [1.29, 1.82) is 0 Å². The van der Waals surface area contributed by atoms with Crippen molar-refractivity contribution in [2.45, 2.75) is 31.2 Å². The topological polar surface area (TPSA) is 110 Å². The van der Waals surface area contributed by atoms with Gasteiger partial charge in [-0.15, -0.1) is 0 Å². The zero-order valence-corrected chi connectivity index (χ0v) is 8.71. The lowest BCUT2D eigenvalue weighted by molar-refractivity contribution is -0.122. The average molecular weight is 214 g/mol. The third-order valence-corrected chi connectivity index (χ3v) is 2.61. The van der Waals surface area contributed by atoms with E-state index in [0.29, 0.717) is 19.5 Å². The predicted molar refractivity (Wildman–Crippen MR) is 56.0 cm³/mol. The Morgan fingerprint density at radius 1 is 1.20 bits per heavy atom. The number of carbonyl (C=O) groups is 2. The summed E-state index contributed by atoms with van der Waals surface area (Å²) in [5.74, 6) is -0.0662. The maximum Gasteiger partial charge on any atom is 0.312 e. The fourth-order valence-electron chi connectivity index (χ4n) is 1.58. The second kappa shape index (κ2) is 4.97. The molecule has 0 aromatic rings. The molecule has 1 aliphatic rings. The van der Waals surface area contributed by atoms with Crippen molar-refractivity contribution in [3.63, 3.8) is 0 Å². The molecule has 0 unspecified atom stereocenters. The van der Waals surface area contributed by atoms with Crippen molar-refractivity contribution in [3.05, 3.63) is 0 Å². The van der Waals surface area contributed by atoms with Crippen LogP contribution in [0.15, 0.2) is 0 Å². The highest BCUT2D eigenvalue weighted by Crippen LogP contribution is 2.31. The normalized spacial score (nSPS) is 17.7. The molecule has 15 heavy (non-hydrogen) atoms. The van der Waals surface area contributed by atoms with Crippen LogP contribution in [0.1, 0.15) is 25.7 Å². The van der Waals surface area contributed by atoms with E-state index in [9.17, 15) is 9.59 Å². The summed E-state index contributed by atoms with van der Waals surface area (Å²) in [6.45, 7) is 0.733. The highest BCUT2D eigenvalue weighted by Gasteiger charge is 2.34. The molecule has 3 amide bonds. The first kappa shape index (κ1) is 11.8. The number of urea groups is 1. The number of amides is 3. The van der Waals surface area contributed by atoms with Gasteiger partial charge in [0.2, 0.25) is 5.91 Å². The molecule has 86 valence electrons. The number of nitrogens with two attached hydrogens (primary N) is 2. The van der Waals surface area contributed by atoms with E-state index in [4.69, 9.17) is 11.5 Å². The summed E-state index contributed by atoms with van der Waals surface area (Å²) in [5, 5.41) is 5.06. The minimum Gasteiger partial charge on any atom is -0.354 e. The van der Waals surface area contributed by atoms with E-state index in [1.165, 1.54) is 0 Å². The summed E-state index contributed by atoms with van der Waals surface area (Å²) in [6.07, 6.45) is 3.30. The highest BCUT2D eigenvalue weighted by atomic mass is 16.2. The monoisotopic (exact) mass is 214 g/mol. The molecule has 1 fully saturated rings. The van der Waals surface area contributed by atoms with Crippen LogP contribution in [-0.4, -0.2) is 30.6 Å². The Balaban J connectivity index is 2.06. The number of hydrogen-bond donors (Lipinski definition) is 4. The highest BCUT2D eigenvalue weighted by molar-refractivity contribution is 5.77. The molecule has 6 heteroatoms. The van der Waals surface area contributed by atoms with Crippen LogP contribution in [0, 0.1) is 0 Å². The molecule has 6 nitrogen and oxygen atoms in total. The molecule has 6 N–H and O–H groups in total. The summed E-state index contributed by atoms with van der Waals surface area (Å²) in [6, 6.07) is -0.585. The van der Waals surface area contributed by atoms with E-state index in [-0.39, 0.29) is 11.4 Å². The van der Waals surface area contributed by atoms with E-state index < -0.39 is 6.03 Å². The van der Waals surface area contributed by atoms with Gasteiger partial charge < -0.3 is 22.1 Å². The van der Waals surface area contributed by atoms with Crippen LogP contribution in [0.3, 0.4) is 0 Å². The zero-order valence-electron chi connectivity index (χ0n) is 8.71. The Labute approximate surface area is 88.8 Å². The Bertz CT molecular complexity index is 250. The summed E-state index contributed by atoms with van der Waals surface area (Å²) in [5.41, 5.74) is 10.5. The SMILES string of the molecule is NC(=O)NCCNC(=O)CC1(N)CCC1. The van der Waals surface area contributed by atoms with Gasteiger partial charge >= 0.3 is 6.03 Å². The van der Waals surface area contributed by atoms with Gasteiger partial charge in [-0.25, -0.2) is 4.79 Å². The first-order chi connectivity index (χ1) is 7.02. The fraction of sp³-hybridized carbons (Fsp3) is 0.778. The largest absolute Gasteiger partial charge is 0.354 e. The number of hydrogen-bond acceptors (Lipinski definition) is 3. The second-order valence-electron chi connectivity index (χ2n) is 4.03. The lowest BCUT2D eigenvalue weighted by Crippen LogP contribution is -2.50. The standard InChI is InChI=1S/C9H18N4O2/c10-8(15)13-5-4-12-7(14)6-9(11)2-1-3-9/h1-6,11H2,(H,12,14)(H3,10,13,15). The molecule has 0 aromatic heterocycles. The smallest absolute Gasteiger partial charge is 0.312 e. The third kappa shape index (κ3) is 4.16. The average Bonchev–Trinajstić information content (AvgIpc) is 2.09. The molecule has 0 spiro atoms. The van der Waals surface area contributed by atoms with Crippen LogP contribution < -0.4 is 22.1 Å². The van der Waals surface area contributed by atoms with Gasteiger partial charge in [-0.1, -0.05) is 0 Å². The van der Waals surface area contributed by atoms with Crippen LogP contribution >= 0.6 is 0 Å². The van der Waals surface area contributed by atoms with Gasteiger partial charge in [0.15, 0.2) is 0 Å². The van der Waals surface area contributed by atoms with Crippen molar-refractivity contribution in [3.8, 4) is 0 Å². The first-order valence-corrected chi connectivity index (χ1v) is 5.11. The summed E-state index contributed by atoms with van der Waals surface area (Å²) < 4.78 is 0. The van der Waals surface area contributed by atoms with E-state index in [1.54, 1.807) is 0 Å². The molecule has 0 saturated heterocycles. The molecule has 0 bridgehead atoms. The van der Waals surface area contributed by atoms with Gasteiger partial charge in [0.05, 0.1) is 0 Å². The molecular weight excluding hydrogens is 196 g/mol. The van der Waals surface area contributed by atoms with Crippen LogP contribution in [-0.2, 0) is 4.79 Å². The van der Waals surface area contributed by atoms with E-state index >= 15 is 0 Å². The molecule has 1 aliphatic carbocycles. The lowest BCUT2D eigenvalue weighted by atomic mass is 9.75. The number of nitrogens with one attached hydrogen (secondary N) is 2. The van der Waals surface area contributed by atoms with Crippen molar-refractivity contribution in [2.75, 3.05) is 13.1 Å². The van der Waals surface area contributed by atoms with Gasteiger partial charge in [-0.3, -0.25) is 4.79 Å². The number of carbonyl (C=O) groups excluding carboxylic acids is 2. The summed E-state index contributed by atoms with van der Waals surface area (Å²) >= 11 is 0. The Hall–Kier alpha value is -1.30. The van der Waals surface area contributed by atoms with Gasteiger partial charge in [0, 0.05) is 25.0 Å². The van der Waals surface area contributed by atoms with Gasteiger partial charge in [-0.2, -0.15) is 0 Å². The van der Waals surface area contributed by atoms with Crippen molar-refractivity contribution in [1.82, 2.24) is 10.6 Å². The fourth-order valence-corrected chi connectivity index (χ4v) is 1.58. The molecule has 0 heterocycles. The van der Waals surface area contributed by atoms with E-state index in [2.05, 4.69) is 10.6 Å². The quantitative estimate of drug-likeness (QED) is 0.442. The second-order valence-corrected chi connectivity index (χ2v) is 4.03. The van der Waals surface area contributed by atoms with E-state index in [1.807, 2.05) is 0 Å². The predicted octanol–water partition coefficient (Wildman–Crippen LogP) is -0.958. The van der Waals surface area contributed by atoms with Crippen LogP contribution in [0.25, 0.3) is 0 Å². The molecular formula is C9H18N4O2. The molecule has 0 aromatic carbocycles. The van der Waals surface area contributed by atoms with Crippen molar-refractivity contribution in [2.24, 2.45) is 11.5 Å². The Kier molecular flexibility index (Phi) is 3.90. The Morgan fingerprint density at radius 2 is 1.80 bits per heavy atom. The number of primary amides is 1. The molecule has 1 rings (SSSR count). The van der Waals surface area contributed by atoms with Crippen molar-refractivity contribution >= 4 is 11.9 Å². The molecule has 1 saturated carbocycles. The Morgan fingerprint density at radius 3 is 2.27 bits per heavy atom. The van der Waals surface area contributed by atoms with E-state index in [0.717, 1.165) is 19.3 Å². The summed E-state index contributed by atoms with van der Waals surface area (Å²) in [7, 11) is 0.